The first kappa shape index (κ1) is 20.7. The van der Waals surface area contributed by atoms with E-state index < -0.39 is 24.3 Å². The largest absolute Gasteiger partial charge is 0.478 e. The summed E-state index contributed by atoms with van der Waals surface area (Å²) in [6, 6.07) is 2.76. The number of carbonyl (C=O) groups excluding carboxylic acids is 1. The molecule has 2 rings (SSSR count). The van der Waals surface area contributed by atoms with Crippen molar-refractivity contribution in [3.05, 3.63) is 42.2 Å². The summed E-state index contributed by atoms with van der Waals surface area (Å²) in [5.41, 5.74) is 11.1. The summed E-state index contributed by atoms with van der Waals surface area (Å²) in [7, 11) is 0. The van der Waals surface area contributed by atoms with Crippen LogP contribution < -0.4 is 11.5 Å². The van der Waals surface area contributed by atoms with Gasteiger partial charge in [0.2, 0.25) is 5.91 Å². The fourth-order valence-corrected chi connectivity index (χ4v) is 1.82. The molecule has 3 atom stereocenters. The van der Waals surface area contributed by atoms with Crippen LogP contribution in [0.15, 0.2) is 36.7 Å². The maximum absolute atomic E-state index is 10.4. The number of aliphatic carboxylic acids is 1. The van der Waals surface area contributed by atoms with Gasteiger partial charge in [0, 0.05) is 36.4 Å². The minimum absolute atomic E-state index is 0.0908. The second-order valence-corrected chi connectivity index (χ2v) is 5.36. The van der Waals surface area contributed by atoms with Crippen molar-refractivity contribution in [1.82, 2.24) is 4.98 Å². The van der Waals surface area contributed by atoms with Crippen LogP contribution in [0.2, 0.25) is 0 Å². The number of amides is 1. The van der Waals surface area contributed by atoms with Gasteiger partial charge < -0.3 is 31.2 Å². The van der Waals surface area contributed by atoms with Crippen molar-refractivity contribution in [3.8, 4) is 0 Å². The third kappa shape index (κ3) is 7.86. The van der Waals surface area contributed by atoms with E-state index >= 15 is 0 Å². The average molecular weight is 353 g/mol. The molecule has 1 aromatic rings. The van der Waals surface area contributed by atoms with Crippen LogP contribution >= 0.6 is 0 Å². The highest BCUT2D eigenvalue weighted by molar-refractivity contribution is 5.92. The molecular formula is C16H23N3O6. The number of ether oxygens (including phenoxy) is 2. The molecule has 138 valence electrons. The molecule has 0 bridgehead atoms. The lowest BCUT2D eigenvalue weighted by Gasteiger charge is -2.30. The molecule has 25 heavy (non-hydrogen) atoms. The zero-order chi connectivity index (χ0) is 18.8. The molecule has 1 aliphatic heterocycles. The first-order valence-corrected chi connectivity index (χ1v) is 7.59. The number of carboxylic acids is 1. The Labute approximate surface area is 145 Å². The van der Waals surface area contributed by atoms with Crippen molar-refractivity contribution in [3.63, 3.8) is 0 Å². The molecule has 1 amide bonds. The molecule has 1 aliphatic rings. The van der Waals surface area contributed by atoms with E-state index in [4.69, 9.17) is 26.0 Å². The van der Waals surface area contributed by atoms with Gasteiger partial charge in [0.25, 0.3) is 0 Å². The maximum atomic E-state index is 10.4. The summed E-state index contributed by atoms with van der Waals surface area (Å²) in [6.45, 7) is 3.82. The van der Waals surface area contributed by atoms with Crippen molar-refractivity contribution >= 4 is 11.9 Å². The van der Waals surface area contributed by atoms with Crippen molar-refractivity contribution in [2.45, 2.75) is 31.3 Å². The van der Waals surface area contributed by atoms with Crippen molar-refractivity contribution in [2.75, 3.05) is 13.2 Å². The number of aromatic nitrogens is 1. The Hall–Kier alpha value is -2.33. The van der Waals surface area contributed by atoms with E-state index in [1.165, 1.54) is 12.4 Å². The van der Waals surface area contributed by atoms with Crippen molar-refractivity contribution in [2.24, 2.45) is 11.5 Å². The van der Waals surface area contributed by atoms with E-state index in [0.29, 0.717) is 12.0 Å². The molecule has 0 saturated carbocycles. The lowest BCUT2D eigenvalue weighted by atomic mass is 10.1. The van der Waals surface area contributed by atoms with E-state index in [2.05, 4.69) is 11.6 Å². The van der Waals surface area contributed by atoms with E-state index in [1.54, 1.807) is 12.1 Å². The second-order valence-electron chi connectivity index (χ2n) is 5.36. The molecule has 9 heteroatoms. The summed E-state index contributed by atoms with van der Waals surface area (Å²) >= 11 is 0. The summed E-state index contributed by atoms with van der Waals surface area (Å²) < 4.78 is 10.5. The van der Waals surface area contributed by atoms with Crippen molar-refractivity contribution < 1.29 is 29.3 Å². The molecule has 1 aromatic heterocycles. The molecule has 2 heterocycles. The lowest BCUT2D eigenvalue weighted by molar-refractivity contribution is -0.189. The van der Waals surface area contributed by atoms with Crippen LogP contribution in [0.5, 0.6) is 0 Å². The highest BCUT2D eigenvalue weighted by Crippen LogP contribution is 2.15. The number of nitrogens with two attached hydrogens (primary N) is 2. The standard InChI is InChI=1S/C10H17NO5.C6H6N2O/c1-6(10(13)14)2-3-15-9-4-8(12)7(11)5-16-9;7-6(9)5-1-3-8-4-2-5/h7-9,12H,1-5,11H2,(H,13,14);1-4H,(H2,7,9)/t7-,8-,9?;/m0./s1. The van der Waals surface area contributed by atoms with Crippen LogP contribution in [0.25, 0.3) is 0 Å². The first-order valence-electron chi connectivity index (χ1n) is 7.59. The quantitative estimate of drug-likeness (QED) is 0.505. The molecule has 1 unspecified atom stereocenters. The number of primary amides is 1. The number of carbonyl (C=O) groups is 2. The van der Waals surface area contributed by atoms with Crippen LogP contribution in [0.4, 0.5) is 0 Å². The number of hydrogen-bond acceptors (Lipinski definition) is 7. The van der Waals surface area contributed by atoms with E-state index in [1.807, 2.05) is 0 Å². The highest BCUT2D eigenvalue weighted by Gasteiger charge is 2.27. The van der Waals surface area contributed by atoms with Gasteiger partial charge in [-0.15, -0.1) is 0 Å². The van der Waals surface area contributed by atoms with Crippen LogP contribution in [0.1, 0.15) is 23.2 Å². The molecule has 0 aliphatic carbocycles. The van der Waals surface area contributed by atoms with Crippen molar-refractivity contribution in [1.29, 1.82) is 0 Å². The van der Waals surface area contributed by atoms with Gasteiger partial charge in [-0.1, -0.05) is 6.58 Å². The Morgan fingerprint density at radius 2 is 2.04 bits per heavy atom. The van der Waals surface area contributed by atoms with Gasteiger partial charge in [-0.05, 0) is 12.1 Å². The predicted octanol–water partition coefficient (Wildman–Crippen LogP) is -0.351. The van der Waals surface area contributed by atoms with Gasteiger partial charge in [0.05, 0.1) is 25.4 Å². The molecule has 0 radical (unpaired) electrons. The van der Waals surface area contributed by atoms with Gasteiger partial charge in [0.1, 0.15) is 0 Å². The topological polar surface area (TPSA) is 158 Å². The molecule has 1 fully saturated rings. The minimum atomic E-state index is -1.03. The molecular weight excluding hydrogens is 330 g/mol. The monoisotopic (exact) mass is 353 g/mol. The van der Waals surface area contributed by atoms with Gasteiger partial charge in [-0.3, -0.25) is 9.78 Å². The second kappa shape index (κ2) is 10.5. The van der Waals surface area contributed by atoms with Crippen LogP contribution in [-0.2, 0) is 14.3 Å². The minimum Gasteiger partial charge on any atom is -0.478 e. The summed E-state index contributed by atoms with van der Waals surface area (Å²) in [5.74, 6) is -1.45. The van der Waals surface area contributed by atoms with Gasteiger partial charge >= 0.3 is 5.97 Å². The molecule has 0 spiro atoms. The number of pyridine rings is 1. The smallest absolute Gasteiger partial charge is 0.331 e. The fraction of sp³-hybridized carbons (Fsp3) is 0.438. The average Bonchev–Trinajstić information content (AvgIpc) is 2.59. The Bertz CT molecular complexity index is 580. The van der Waals surface area contributed by atoms with E-state index in [-0.39, 0.29) is 31.2 Å². The van der Waals surface area contributed by atoms with E-state index in [0.717, 1.165) is 0 Å². The number of aliphatic hydroxyl groups excluding tert-OH is 1. The zero-order valence-electron chi connectivity index (χ0n) is 13.7. The third-order valence-electron chi connectivity index (χ3n) is 3.38. The Kier molecular flexibility index (Phi) is 8.71. The number of nitrogens with zero attached hydrogens (tertiary/aromatic N) is 1. The number of carboxylic acid groups (broad SMARTS) is 1. The van der Waals surface area contributed by atoms with Crippen LogP contribution in [-0.4, -0.2) is 58.7 Å². The first-order chi connectivity index (χ1) is 11.8. The molecule has 0 aromatic carbocycles. The van der Waals surface area contributed by atoms with E-state index in [9.17, 15) is 14.7 Å². The third-order valence-corrected chi connectivity index (χ3v) is 3.38. The Morgan fingerprint density at radius 1 is 1.40 bits per heavy atom. The lowest BCUT2D eigenvalue weighted by Crippen LogP contribution is -2.47. The fourth-order valence-electron chi connectivity index (χ4n) is 1.82. The maximum Gasteiger partial charge on any atom is 0.331 e. The summed E-state index contributed by atoms with van der Waals surface area (Å²) in [6.07, 6.45) is 2.44. The van der Waals surface area contributed by atoms with Gasteiger partial charge in [-0.2, -0.15) is 0 Å². The van der Waals surface area contributed by atoms with Gasteiger partial charge in [-0.25, -0.2) is 4.79 Å². The SMILES string of the molecule is C=C(CCOC1C[C@H](O)[C@@H](N)CO1)C(=O)O.NC(=O)c1ccncc1. The Morgan fingerprint density at radius 3 is 2.52 bits per heavy atom. The Balaban J connectivity index is 0.000000293. The predicted molar refractivity (Wildman–Crippen MR) is 88.4 cm³/mol. The summed E-state index contributed by atoms with van der Waals surface area (Å²) in [5, 5.41) is 18.0. The highest BCUT2D eigenvalue weighted by atomic mass is 16.7. The molecule has 6 N–H and O–H groups in total. The number of hydrogen-bond donors (Lipinski definition) is 4. The normalized spacial score (nSPS) is 22.4. The summed E-state index contributed by atoms with van der Waals surface area (Å²) in [4.78, 5) is 24.5. The van der Waals surface area contributed by atoms with Gasteiger partial charge in [0.15, 0.2) is 6.29 Å². The number of rotatable bonds is 6. The zero-order valence-corrected chi connectivity index (χ0v) is 13.7. The van der Waals surface area contributed by atoms with Crippen LogP contribution in [0, 0.1) is 0 Å². The number of aliphatic hydroxyl groups is 1. The molecule has 9 nitrogen and oxygen atoms in total. The van der Waals surface area contributed by atoms with Crippen LogP contribution in [0.3, 0.4) is 0 Å². The molecule has 1 saturated heterocycles.